The van der Waals surface area contributed by atoms with Gasteiger partial charge in [-0.15, -0.1) is 0 Å². The van der Waals surface area contributed by atoms with Gasteiger partial charge in [0.05, 0.1) is 13.7 Å². The standard InChI is InChI=1S/C29H45NO2.C23H39NO3/c1-3-4-5-6-7-8-9-10-11-12-13-14-15-16-17-18-19-20-24-30-25-23-27-21-22-28(31)29(26-27)32-2;1-2-3-4-5-6-7-8-9-10-11-12-13-14-15-16-17-18-19-20-24-22(21-25)23(26)27/h7-8,10-11,13-14,16-17,21-22,26,30-31H,3-6,9,12,15,18-20,23-25H2,1-2H3;6-7,9-10,12-13,15-16,22,24-25H,2-5,8,11,14,17-21H2,1H3,(H,26,27)/b8-7-,11-10-,14-13-,17-16-;7-6-,10-9-,13-12-,16-15-/t;22-/m.0/s1. The van der Waals surface area contributed by atoms with Gasteiger partial charge in [-0.2, -0.15) is 0 Å². The summed E-state index contributed by atoms with van der Waals surface area (Å²) in [5.74, 6) is -0.263. The molecule has 0 heterocycles. The Bertz CT molecular complexity index is 1340. The highest BCUT2D eigenvalue weighted by Crippen LogP contribution is 2.26. The smallest absolute Gasteiger partial charge is 0.323 e. The molecule has 1 rings (SSSR count). The summed E-state index contributed by atoms with van der Waals surface area (Å²) in [6.07, 6.45) is 59.6. The summed E-state index contributed by atoms with van der Waals surface area (Å²) in [5, 5.41) is 33.6. The SMILES string of the molecule is CCCCC/C=C\C/C=C\C/C=C\C/C=C\CCCCNCCc1ccc(O)c(OC)c1.CCCCC/C=C\C/C=C\C/C=C\C/C=C\CCCCN[C@@H](CO)C(=O)O. The first-order valence-electron chi connectivity index (χ1n) is 22.8. The van der Waals surface area contributed by atoms with Crippen molar-refractivity contribution < 1.29 is 24.9 Å². The van der Waals surface area contributed by atoms with Crippen LogP contribution in [0.2, 0.25) is 0 Å². The van der Waals surface area contributed by atoms with E-state index < -0.39 is 12.0 Å². The van der Waals surface area contributed by atoms with Crippen LogP contribution in [0.3, 0.4) is 0 Å². The second kappa shape index (κ2) is 45.2. The number of phenols is 1. The Kier molecular flexibility index (Phi) is 42.2. The molecule has 1 atom stereocenters. The number of carbonyl (C=O) groups is 1. The van der Waals surface area contributed by atoms with E-state index in [4.69, 9.17) is 14.9 Å². The van der Waals surface area contributed by atoms with E-state index in [9.17, 15) is 9.90 Å². The summed E-state index contributed by atoms with van der Waals surface area (Å²) in [6, 6.07) is 4.70. The zero-order valence-electron chi connectivity index (χ0n) is 37.4. The summed E-state index contributed by atoms with van der Waals surface area (Å²) >= 11 is 0. The lowest BCUT2D eigenvalue weighted by atomic mass is 10.1. The zero-order valence-corrected chi connectivity index (χ0v) is 37.4. The number of carboxylic acid groups (broad SMARTS) is 1. The van der Waals surface area contributed by atoms with Gasteiger partial charge in [-0.05, 0) is 146 Å². The maximum absolute atomic E-state index is 10.7. The lowest BCUT2D eigenvalue weighted by molar-refractivity contribution is -0.140. The molecule has 59 heavy (non-hydrogen) atoms. The first-order valence-corrected chi connectivity index (χ1v) is 22.8. The third-order valence-corrected chi connectivity index (χ3v) is 9.39. The van der Waals surface area contributed by atoms with E-state index in [1.54, 1.807) is 13.2 Å². The number of carboxylic acids is 1. The number of unbranched alkanes of at least 4 members (excludes halogenated alkanes) is 10. The maximum atomic E-state index is 10.7. The molecule has 1 aromatic carbocycles. The van der Waals surface area contributed by atoms with Crippen LogP contribution in [0.15, 0.2) is 115 Å². The molecule has 0 aliphatic heterocycles. The number of nitrogens with one attached hydrogen (secondary N) is 2. The van der Waals surface area contributed by atoms with Crippen LogP contribution in [0.5, 0.6) is 11.5 Å². The van der Waals surface area contributed by atoms with Crippen molar-refractivity contribution in [2.45, 2.75) is 155 Å². The third-order valence-electron chi connectivity index (χ3n) is 9.39. The number of aliphatic carboxylic acids is 1. The minimum Gasteiger partial charge on any atom is -0.504 e. The predicted molar refractivity (Wildman–Crippen MR) is 255 cm³/mol. The van der Waals surface area contributed by atoms with E-state index in [-0.39, 0.29) is 12.4 Å². The second-order valence-electron chi connectivity index (χ2n) is 14.7. The highest BCUT2D eigenvalue weighted by atomic mass is 16.5. The number of allylic oxidation sites excluding steroid dienone is 16. The van der Waals surface area contributed by atoms with Crippen LogP contribution >= 0.6 is 0 Å². The number of benzene rings is 1. The number of aromatic hydroxyl groups is 1. The summed E-state index contributed by atoms with van der Waals surface area (Å²) in [6.45, 7) is 6.71. The third kappa shape index (κ3) is 39.3. The van der Waals surface area contributed by atoms with Crippen LogP contribution < -0.4 is 15.4 Å². The molecule has 0 unspecified atom stereocenters. The Morgan fingerprint density at radius 1 is 0.593 bits per heavy atom. The topological polar surface area (TPSA) is 111 Å². The maximum Gasteiger partial charge on any atom is 0.323 e. The molecule has 0 radical (unpaired) electrons. The minimum atomic E-state index is -1.00. The van der Waals surface area contributed by atoms with Gasteiger partial charge in [-0.25, -0.2) is 0 Å². The van der Waals surface area contributed by atoms with Crippen LogP contribution in [0.1, 0.15) is 148 Å². The van der Waals surface area contributed by atoms with Gasteiger partial charge in [0.25, 0.3) is 0 Å². The molecule has 0 bridgehead atoms. The van der Waals surface area contributed by atoms with E-state index in [1.807, 2.05) is 12.1 Å². The fourth-order valence-electron chi connectivity index (χ4n) is 5.76. The quantitative estimate of drug-likeness (QED) is 0.0336. The number of phenolic OH excluding ortho intramolecular Hbond substituents is 1. The van der Waals surface area contributed by atoms with Crippen LogP contribution in [0, 0.1) is 0 Å². The molecule has 0 fully saturated rings. The molecule has 7 heteroatoms. The number of aliphatic hydroxyl groups is 1. The molecule has 0 aromatic heterocycles. The summed E-state index contributed by atoms with van der Waals surface area (Å²) in [7, 11) is 1.58. The van der Waals surface area contributed by atoms with Gasteiger partial charge in [-0.3, -0.25) is 4.79 Å². The first-order chi connectivity index (χ1) is 29.0. The van der Waals surface area contributed by atoms with Crippen molar-refractivity contribution in [1.82, 2.24) is 10.6 Å². The van der Waals surface area contributed by atoms with Crippen molar-refractivity contribution in [2.75, 3.05) is 33.4 Å². The molecule has 0 aliphatic rings. The Morgan fingerprint density at radius 3 is 1.39 bits per heavy atom. The Balaban J connectivity index is 0.00000116. The van der Waals surface area contributed by atoms with E-state index in [2.05, 4.69) is 122 Å². The molecule has 0 spiro atoms. The van der Waals surface area contributed by atoms with Gasteiger partial charge in [0.2, 0.25) is 0 Å². The zero-order chi connectivity index (χ0) is 43.1. The Hall–Kier alpha value is -3.91. The number of hydrogen-bond donors (Lipinski definition) is 5. The lowest BCUT2D eigenvalue weighted by Gasteiger charge is -2.10. The normalized spacial score (nSPS) is 12.8. The van der Waals surface area contributed by atoms with Gasteiger partial charge < -0.3 is 30.7 Å². The molecule has 5 N–H and O–H groups in total. The monoisotopic (exact) mass is 817 g/mol. The van der Waals surface area contributed by atoms with Crippen molar-refractivity contribution in [1.29, 1.82) is 0 Å². The second-order valence-corrected chi connectivity index (χ2v) is 14.7. The summed E-state index contributed by atoms with van der Waals surface area (Å²) in [5.41, 5.74) is 1.17. The largest absolute Gasteiger partial charge is 0.504 e. The average Bonchev–Trinajstić information content (AvgIpc) is 3.24. The number of ether oxygens (including phenoxy) is 1. The molecule has 332 valence electrons. The van der Waals surface area contributed by atoms with Gasteiger partial charge in [0.1, 0.15) is 6.04 Å². The van der Waals surface area contributed by atoms with Gasteiger partial charge >= 0.3 is 5.97 Å². The number of hydrogen-bond acceptors (Lipinski definition) is 6. The summed E-state index contributed by atoms with van der Waals surface area (Å²) < 4.78 is 5.15. The van der Waals surface area contributed by atoms with Crippen LogP contribution in [-0.4, -0.2) is 60.7 Å². The summed E-state index contributed by atoms with van der Waals surface area (Å²) in [4.78, 5) is 10.7. The fraction of sp³-hybridized carbons (Fsp3) is 0.558. The predicted octanol–water partition coefficient (Wildman–Crippen LogP) is 12.8. The molecule has 0 amide bonds. The molecular formula is C52H84N2O5. The van der Waals surface area contributed by atoms with E-state index in [0.717, 1.165) is 83.7 Å². The lowest BCUT2D eigenvalue weighted by Crippen LogP contribution is -2.40. The van der Waals surface area contributed by atoms with Crippen LogP contribution in [-0.2, 0) is 11.2 Å². The average molecular weight is 817 g/mol. The van der Waals surface area contributed by atoms with Gasteiger partial charge in [-0.1, -0.05) is 143 Å². The van der Waals surface area contributed by atoms with Crippen molar-refractivity contribution in [3.63, 3.8) is 0 Å². The number of methoxy groups -OCH3 is 1. The molecule has 0 aliphatic carbocycles. The molecule has 0 saturated carbocycles. The van der Waals surface area contributed by atoms with E-state index in [0.29, 0.717) is 12.3 Å². The molecule has 0 saturated heterocycles. The number of rotatable bonds is 37. The highest BCUT2D eigenvalue weighted by molar-refractivity contribution is 5.73. The van der Waals surface area contributed by atoms with Crippen molar-refractivity contribution in [2.24, 2.45) is 0 Å². The Labute approximate surface area is 360 Å². The van der Waals surface area contributed by atoms with Crippen molar-refractivity contribution in [3.8, 4) is 11.5 Å². The van der Waals surface area contributed by atoms with Gasteiger partial charge in [0.15, 0.2) is 11.5 Å². The van der Waals surface area contributed by atoms with E-state index >= 15 is 0 Å². The fourth-order valence-corrected chi connectivity index (χ4v) is 5.76. The van der Waals surface area contributed by atoms with Crippen molar-refractivity contribution >= 4 is 5.97 Å². The molecule has 7 nitrogen and oxygen atoms in total. The van der Waals surface area contributed by atoms with Gasteiger partial charge in [0, 0.05) is 0 Å². The minimum absolute atomic E-state index is 0.195. The Morgan fingerprint density at radius 2 is 1.00 bits per heavy atom. The van der Waals surface area contributed by atoms with Crippen LogP contribution in [0.4, 0.5) is 0 Å². The highest BCUT2D eigenvalue weighted by Gasteiger charge is 2.13. The number of aliphatic hydroxyl groups excluding tert-OH is 1. The molecular weight excluding hydrogens is 733 g/mol. The van der Waals surface area contributed by atoms with Crippen molar-refractivity contribution in [3.05, 3.63) is 121 Å². The van der Waals surface area contributed by atoms with Crippen LogP contribution in [0.25, 0.3) is 0 Å². The molecule has 1 aromatic rings. The van der Waals surface area contributed by atoms with E-state index in [1.165, 1.54) is 69.8 Å². The first kappa shape index (κ1) is 55.1.